The Bertz CT molecular complexity index is 1490. The van der Waals surface area contributed by atoms with Crippen LogP contribution in [-0.4, -0.2) is 25.9 Å². The van der Waals surface area contributed by atoms with Crippen LogP contribution in [0, 0.1) is 0 Å². The molecule has 0 fully saturated rings. The molecule has 1 aliphatic rings. The predicted octanol–water partition coefficient (Wildman–Crippen LogP) is 2.80. The molecular formula is C23H19N3O5S. The van der Waals surface area contributed by atoms with Gasteiger partial charge in [-0.1, -0.05) is 18.2 Å². The van der Waals surface area contributed by atoms with E-state index in [1.807, 2.05) is 12.1 Å². The molecule has 2 aromatic heterocycles. The quantitative estimate of drug-likeness (QED) is 0.487. The molecule has 9 heteroatoms. The Balaban J connectivity index is 1.50. The molecule has 162 valence electrons. The lowest BCUT2D eigenvalue weighted by Crippen LogP contribution is -2.30. The van der Waals surface area contributed by atoms with Gasteiger partial charge in [-0.05, 0) is 48.4 Å². The summed E-state index contributed by atoms with van der Waals surface area (Å²) in [6, 6.07) is 15.1. The standard InChI is InChI=1S/C23H19N3O5S/c27-22-18-12-17(32(29,30)26-10-9-15-4-1-2-6-21(15)26)7-8-20(18)24-14-19(22)23(28)25-13-16-5-3-11-31-16/h1-8,11-12,14H,9-10,13H2,(H,24,27)(H,25,28). The minimum absolute atomic E-state index is 0.000321. The van der Waals surface area contributed by atoms with Gasteiger partial charge in [0.1, 0.15) is 11.3 Å². The van der Waals surface area contributed by atoms with Gasteiger partial charge in [-0.2, -0.15) is 0 Å². The highest BCUT2D eigenvalue weighted by Crippen LogP contribution is 2.33. The van der Waals surface area contributed by atoms with Crippen molar-refractivity contribution in [3.63, 3.8) is 0 Å². The van der Waals surface area contributed by atoms with E-state index in [0.717, 1.165) is 5.56 Å². The van der Waals surface area contributed by atoms with Crippen LogP contribution in [0.15, 0.2) is 81.2 Å². The lowest BCUT2D eigenvalue weighted by molar-refractivity contribution is 0.0947. The minimum Gasteiger partial charge on any atom is -0.467 e. The smallest absolute Gasteiger partial charge is 0.264 e. The van der Waals surface area contributed by atoms with Gasteiger partial charge in [-0.25, -0.2) is 8.42 Å². The van der Waals surface area contributed by atoms with Crippen LogP contribution in [-0.2, 0) is 23.0 Å². The molecular weight excluding hydrogens is 430 g/mol. The van der Waals surface area contributed by atoms with Gasteiger partial charge in [0, 0.05) is 23.6 Å². The number of hydrogen-bond acceptors (Lipinski definition) is 5. The number of sulfonamides is 1. The molecule has 2 aromatic carbocycles. The molecule has 0 spiro atoms. The third kappa shape index (κ3) is 3.36. The molecule has 0 aliphatic carbocycles. The number of nitrogens with one attached hydrogen (secondary N) is 2. The van der Waals surface area contributed by atoms with E-state index in [4.69, 9.17) is 4.42 Å². The van der Waals surface area contributed by atoms with E-state index in [2.05, 4.69) is 10.3 Å². The van der Waals surface area contributed by atoms with E-state index in [-0.39, 0.29) is 22.4 Å². The molecule has 0 atom stereocenters. The first-order chi connectivity index (χ1) is 15.4. The van der Waals surface area contributed by atoms with Crippen molar-refractivity contribution in [2.45, 2.75) is 17.9 Å². The van der Waals surface area contributed by atoms with Crippen LogP contribution < -0.4 is 15.1 Å². The molecule has 3 heterocycles. The number of para-hydroxylation sites is 1. The maximum atomic E-state index is 13.3. The van der Waals surface area contributed by atoms with Gasteiger partial charge >= 0.3 is 0 Å². The second-order valence-corrected chi connectivity index (χ2v) is 9.32. The number of nitrogens with zero attached hydrogens (tertiary/aromatic N) is 1. The Hall–Kier alpha value is -3.85. The molecule has 4 aromatic rings. The lowest BCUT2D eigenvalue weighted by Gasteiger charge is -2.19. The third-order valence-corrected chi connectivity index (χ3v) is 7.34. The first-order valence-electron chi connectivity index (χ1n) is 10.0. The Labute approximate surface area is 183 Å². The van der Waals surface area contributed by atoms with E-state index in [1.54, 1.807) is 24.3 Å². The summed E-state index contributed by atoms with van der Waals surface area (Å²) in [7, 11) is -3.87. The van der Waals surface area contributed by atoms with Crippen molar-refractivity contribution >= 4 is 32.5 Å². The van der Waals surface area contributed by atoms with Gasteiger partial charge in [-0.15, -0.1) is 0 Å². The highest BCUT2D eigenvalue weighted by atomic mass is 32.2. The Morgan fingerprint density at radius 2 is 1.97 bits per heavy atom. The number of pyridine rings is 1. The first kappa shape index (κ1) is 20.1. The number of carbonyl (C=O) groups is 1. The summed E-state index contributed by atoms with van der Waals surface area (Å²) in [5, 5.41) is 2.76. The summed E-state index contributed by atoms with van der Waals surface area (Å²) in [5.41, 5.74) is 1.40. The molecule has 0 bridgehead atoms. The van der Waals surface area contributed by atoms with E-state index in [9.17, 15) is 18.0 Å². The molecule has 32 heavy (non-hydrogen) atoms. The summed E-state index contributed by atoms with van der Waals surface area (Å²) < 4.78 is 33.2. The normalized spacial score (nSPS) is 13.3. The maximum Gasteiger partial charge on any atom is 0.264 e. The summed E-state index contributed by atoms with van der Waals surface area (Å²) in [6.07, 6.45) is 3.45. The molecule has 5 rings (SSSR count). The lowest BCUT2D eigenvalue weighted by atomic mass is 10.1. The summed E-state index contributed by atoms with van der Waals surface area (Å²) in [4.78, 5) is 28.5. The molecule has 0 saturated heterocycles. The average Bonchev–Trinajstić information content (AvgIpc) is 3.47. The molecule has 1 aliphatic heterocycles. The van der Waals surface area contributed by atoms with Crippen molar-refractivity contribution in [2.75, 3.05) is 10.8 Å². The number of rotatable bonds is 5. The Morgan fingerprint density at radius 1 is 1.12 bits per heavy atom. The Kier molecular flexibility index (Phi) is 4.82. The van der Waals surface area contributed by atoms with Crippen LogP contribution in [0.2, 0.25) is 0 Å². The predicted molar refractivity (Wildman–Crippen MR) is 119 cm³/mol. The van der Waals surface area contributed by atoms with Crippen molar-refractivity contribution in [1.29, 1.82) is 0 Å². The van der Waals surface area contributed by atoms with E-state index in [1.165, 1.54) is 35.0 Å². The highest BCUT2D eigenvalue weighted by Gasteiger charge is 2.31. The van der Waals surface area contributed by atoms with Gasteiger partial charge in [0.25, 0.3) is 15.9 Å². The van der Waals surface area contributed by atoms with Gasteiger partial charge in [0.15, 0.2) is 0 Å². The van der Waals surface area contributed by atoms with Gasteiger partial charge in [0.05, 0.1) is 23.4 Å². The number of hydrogen-bond donors (Lipinski definition) is 2. The van der Waals surface area contributed by atoms with Crippen LogP contribution in [0.3, 0.4) is 0 Å². The number of aromatic amines is 1. The minimum atomic E-state index is -3.87. The van der Waals surface area contributed by atoms with Crippen LogP contribution >= 0.6 is 0 Å². The van der Waals surface area contributed by atoms with E-state index in [0.29, 0.717) is 29.9 Å². The van der Waals surface area contributed by atoms with Gasteiger partial charge in [-0.3, -0.25) is 13.9 Å². The number of benzene rings is 2. The number of aromatic nitrogens is 1. The van der Waals surface area contributed by atoms with Crippen molar-refractivity contribution in [3.8, 4) is 0 Å². The molecule has 2 N–H and O–H groups in total. The molecule has 0 unspecified atom stereocenters. The molecule has 0 radical (unpaired) electrons. The number of anilines is 1. The Morgan fingerprint density at radius 3 is 2.78 bits per heavy atom. The van der Waals surface area contributed by atoms with Gasteiger partial charge in [0.2, 0.25) is 5.43 Å². The number of furan rings is 1. The number of amides is 1. The fourth-order valence-electron chi connectivity index (χ4n) is 3.89. The number of fused-ring (bicyclic) bond motifs is 2. The van der Waals surface area contributed by atoms with Gasteiger partial charge < -0.3 is 14.7 Å². The zero-order valence-electron chi connectivity index (χ0n) is 16.9. The summed E-state index contributed by atoms with van der Waals surface area (Å²) in [5.74, 6) is -0.0267. The number of carbonyl (C=O) groups excluding carboxylic acids is 1. The van der Waals surface area contributed by atoms with Crippen molar-refractivity contribution in [2.24, 2.45) is 0 Å². The van der Waals surface area contributed by atoms with Crippen LogP contribution in [0.4, 0.5) is 5.69 Å². The monoisotopic (exact) mass is 449 g/mol. The van der Waals surface area contributed by atoms with Crippen molar-refractivity contribution < 1.29 is 17.6 Å². The van der Waals surface area contributed by atoms with Crippen LogP contribution in [0.25, 0.3) is 10.9 Å². The largest absolute Gasteiger partial charge is 0.467 e. The third-order valence-electron chi connectivity index (χ3n) is 5.53. The molecule has 0 saturated carbocycles. The van der Waals surface area contributed by atoms with Crippen molar-refractivity contribution in [3.05, 3.63) is 94.2 Å². The molecule has 1 amide bonds. The van der Waals surface area contributed by atoms with Crippen LogP contribution in [0.5, 0.6) is 0 Å². The maximum absolute atomic E-state index is 13.3. The van der Waals surface area contributed by atoms with Crippen molar-refractivity contribution in [1.82, 2.24) is 10.3 Å². The zero-order chi connectivity index (χ0) is 22.3. The topological polar surface area (TPSA) is 112 Å². The highest BCUT2D eigenvalue weighted by molar-refractivity contribution is 7.92. The summed E-state index contributed by atoms with van der Waals surface area (Å²) >= 11 is 0. The first-order valence-corrected chi connectivity index (χ1v) is 11.5. The van der Waals surface area contributed by atoms with Crippen LogP contribution in [0.1, 0.15) is 21.7 Å². The SMILES string of the molecule is O=C(NCc1ccco1)c1c[nH]c2ccc(S(=O)(=O)N3CCc4ccccc43)cc2c1=O. The fourth-order valence-corrected chi connectivity index (χ4v) is 5.42. The second kappa shape index (κ2) is 7.69. The van der Waals surface area contributed by atoms with E-state index < -0.39 is 21.4 Å². The average molecular weight is 449 g/mol. The zero-order valence-corrected chi connectivity index (χ0v) is 17.7. The summed E-state index contributed by atoms with van der Waals surface area (Å²) in [6.45, 7) is 0.470. The second-order valence-electron chi connectivity index (χ2n) is 7.46. The number of H-pyrrole nitrogens is 1. The van der Waals surface area contributed by atoms with E-state index >= 15 is 0 Å². The molecule has 8 nitrogen and oxygen atoms in total. The fraction of sp³-hybridized carbons (Fsp3) is 0.130.